The third kappa shape index (κ3) is 61.8. The highest BCUT2D eigenvalue weighted by molar-refractivity contribution is 4.95. The Labute approximate surface area is 251 Å². The van der Waals surface area contributed by atoms with Crippen LogP contribution in [-0.2, 0) is 0 Å². The van der Waals surface area contributed by atoms with Gasteiger partial charge in [0.25, 0.3) is 0 Å². The van der Waals surface area contributed by atoms with E-state index in [1.807, 2.05) is 25.2 Å². The fourth-order valence-corrected chi connectivity index (χ4v) is 1.28. The maximum absolute atomic E-state index is 3.75. The molecule has 0 saturated heterocycles. The van der Waals surface area contributed by atoms with E-state index in [0.29, 0.717) is 22.7 Å². The van der Waals surface area contributed by atoms with Gasteiger partial charge in [0.05, 0.1) is 0 Å². The van der Waals surface area contributed by atoms with Gasteiger partial charge >= 0.3 is 0 Å². The van der Waals surface area contributed by atoms with Gasteiger partial charge in [-0.25, -0.2) is 0 Å². The van der Waals surface area contributed by atoms with Crippen LogP contribution >= 0.6 is 0 Å². The van der Waals surface area contributed by atoms with Crippen LogP contribution in [-0.4, -0.2) is 0 Å². The van der Waals surface area contributed by atoms with Crippen LogP contribution in [0.2, 0.25) is 0 Å². The van der Waals surface area contributed by atoms with Gasteiger partial charge < -0.3 is 0 Å². The molecule has 0 spiro atoms. The molecule has 0 radical (unpaired) electrons. The molecule has 0 rings (SSSR count). The molecule has 0 N–H and O–H groups in total. The zero-order valence-electron chi connectivity index (χ0n) is 30.4. The van der Waals surface area contributed by atoms with Crippen LogP contribution in [0.3, 0.4) is 0 Å². The lowest BCUT2D eigenvalue weighted by molar-refractivity contribution is 0.463. The molecule has 0 heterocycles. The molecule has 0 aromatic carbocycles. The zero-order chi connectivity index (χ0) is 32.5. The topological polar surface area (TPSA) is 0 Å². The normalized spacial score (nSPS) is 11.4. The van der Waals surface area contributed by atoms with Crippen molar-refractivity contribution < 1.29 is 0 Å². The van der Waals surface area contributed by atoms with Crippen molar-refractivity contribution in [2.45, 2.75) is 156 Å². The minimum atomic E-state index is 0.347. The number of hydrogen-bond donors (Lipinski definition) is 0. The van der Waals surface area contributed by atoms with Crippen LogP contribution in [0.4, 0.5) is 0 Å². The smallest absolute Gasteiger partial charge is 0.0180 e. The summed E-state index contributed by atoms with van der Waals surface area (Å²) in [5, 5.41) is 0. The van der Waals surface area contributed by atoms with E-state index in [2.05, 4.69) is 148 Å². The summed E-state index contributed by atoms with van der Waals surface area (Å²) in [6, 6.07) is 0. The van der Waals surface area contributed by atoms with Gasteiger partial charge in [-0.1, -0.05) is 158 Å². The van der Waals surface area contributed by atoms with Crippen molar-refractivity contribution in [1.82, 2.24) is 0 Å². The van der Waals surface area contributed by atoms with E-state index in [1.54, 1.807) is 0 Å². The lowest BCUT2D eigenvalue weighted by Crippen LogP contribution is -2.02. The average molecular weight is 547 g/mol. The fourth-order valence-electron chi connectivity index (χ4n) is 1.28. The third-order valence-electron chi connectivity index (χ3n) is 6.71. The van der Waals surface area contributed by atoms with Crippen LogP contribution in [0.1, 0.15) is 156 Å². The summed E-state index contributed by atoms with van der Waals surface area (Å²) < 4.78 is 0. The molecule has 0 heteroatoms. The molecule has 0 bridgehead atoms. The van der Waals surface area contributed by atoms with Crippen molar-refractivity contribution >= 4 is 0 Å². The summed E-state index contributed by atoms with van der Waals surface area (Å²) in [5.41, 5.74) is 3.46. The quantitative estimate of drug-likeness (QED) is 0.226. The number of rotatable bonds is 11. The van der Waals surface area contributed by atoms with Gasteiger partial charge in [0.2, 0.25) is 0 Å². The second-order valence-electron chi connectivity index (χ2n) is 11.8. The molecule has 0 amide bonds. The molecule has 39 heavy (non-hydrogen) atoms. The van der Waals surface area contributed by atoms with Crippen LogP contribution in [0.5, 0.6) is 0 Å². The third-order valence-corrected chi connectivity index (χ3v) is 6.71. The van der Waals surface area contributed by atoms with E-state index in [9.17, 15) is 0 Å². The Balaban J connectivity index is -0.0000000839. The largest absolute Gasteiger partial charge is 0.103 e. The highest BCUT2D eigenvalue weighted by atomic mass is 14.1. The maximum atomic E-state index is 3.75. The summed E-state index contributed by atoms with van der Waals surface area (Å²) in [6.45, 7) is 49.3. The Bertz CT molecular complexity index is 551. The number of allylic oxidation sites excluding steroid dienone is 8. The van der Waals surface area contributed by atoms with Crippen molar-refractivity contribution in [3.05, 3.63) is 73.9 Å². The minimum Gasteiger partial charge on any atom is -0.103 e. The van der Waals surface area contributed by atoms with Gasteiger partial charge in [-0.05, 0) is 75.0 Å². The highest BCUT2D eigenvalue weighted by Gasteiger charge is 2.07. The first-order chi connectivity index (χ1) is 17.9. The Morgan fingerprint density at radius 3 is 1.05 bits per heavy atom. The Morgan fingerprint density at radius 1 is 0.667 bits per heavy atom. The maximum Gasteiger partial charge on any atom is -0.0180 e. The predicted octanol–water partition coefficient (Wildman–Crippen LogP) is 14.8. The van der Waals surface area contributed by atoms with Crippen LogP contribution in [0.15, 0.2) is 73.9 Å². The summed E-state index contributed by atoms with van der Waals surface area (Å²) in [4.78, 5) is 0. The molecule has 0 aromatic heterocycles. The van der Waals surface area contributed by atoms with Crippen molar-refractivity contribution in [2.24, 2.45) is 22.7 Å². The molecule has 0 aliphatic heterocycles. The first kappa shape index (κ1) is 50.3. The summed E-state index contributed by atoms with van der Waals surface area (Å²) >= 11 is 0. The van der Waals surface area contributed by atoms with Gasteiger partial charge in [0.15, 0.2) is 0 Å². The van der Waals surface area contributed by atoms with Gasteiger partial charge in [-0.3, -0.25) is 0 Å². The first-order valence-electron chi connectivity index (χ1n) is 15.8. The van der Waals surface area contributed by atoms with Crippen LogP contribution in [0, 0.1) is 22.7 Å². The van der Waals surface area contributed by atoms with E-state index in [1.165, 1.54) is 56.1 Å². The predicted molar refractivity (Wildman–Crippen MR) is 192 cm³/mol. The van der Waals surface area contributed by atoms with Gasteiger partial charge in [-0.15, -0.1) is 19.7 Å². The molecular weight excluding hydrogens is 468 g/mol. The van der Waals surface area contributed by atoms with Crippen molar-refractivity contribution in [3.63, 3.8) is 0 Å². The van der Waals surface area contributed by atoms with E-state index in [4.69, 9.17) is 0 Å². The SMILES string of the molecule is C=C(C)C(C)C.C=CC(C)(C)CC.C=CC(C)(C)CC.C=CC(C)CC.CCC=C(C)CC.CCC=CCC. The minimum absolute atomic E-state index is 0.347. The first-order valence-corrected chi connectivity index (χ1v) is 15.8. The average Bonchev–Trinajstić information content (AvgIpc) is 2.93. The van der Waals surface area contributed by atoms with Gasteiger partial charge in [0, 0.05) is 0 Å². The number of hydrogen-bond acceptors (Lipinski definition) is 0. The Kier molecular flexibility index (Phi) is 47.0. The standard InChI is InChI=1S/3C7H14.3C6H12/c2*1-5-7(3,4)6-2;1-4-6-7(3)5-2;1-5(2)6(3)4;1-4-6(3)5-2;1-3-5-6-4-2/h2*5H,1,6H2,2-4H3;6H,4-5H2,1-3H3;6H,1H2,2-4H3;4,6H,1,5H2,2-3H3;5-6H,3-4H2,1-2H3. The van der Waals surface area contributed by atoms with Gasteiger partial charge in [0.1, 0.15) is 0 Å². The summed E-state index contributed by atoms with van der Waals surface area (Å²) in [7, 11) is 0. The fraction of sp³-hybridized carbons (Fsp3) is 0.692. The molecule has 0 fully saturated rings. The summed E-state index contributed by atoms with van der Waals surface area (Å²) in [5.74, 6) is 1.36. The molecule has 1 unspecified atom stereocenters. The molecule has 234 valence electrons. The van der Waals surface area contributed by atoms with Crippen LogP contribution in [0.25, 0.3) is 0 Å². The lowest BCUT2D eigenvalue weighted by Gasteiger charge is -2.14. The van der Waals surface area contributed by atoms with Crippen LogP contribution < -0.4 is 0 Å². The van der Waals surface area contributed by atoms with E-state index in [-0.39, 0.29) is 0 Å². The Hall–Kier alpha value is -1.56. The lowest BCUT2D eigenvalue weighted by atomic mass is 9.91. The van der Waals surface area contributed by atoms with Crippen molar-refractivity contribution in [1.29, 1.82) is 0 Å². The molecule has 0 nitrogen and oxygen atoms in total. The Morgan fingerprint density at radius 2 is 1.00 bits per heavy atom. The summed E-state index contributed by atoms with van der Waals surface area (Å²) in [6.07, 6.45) is 20.9. The van der Waals surface area contributed by atoms with Crippen molar-refractivity contribution in [2.75, 3.05) is 0 Å². The van der Waals surface area contributed by atoms with Crippen molar-refractivity contribution in [3.8, 4) is 0 Å². The highest BCUT2D eigenvalue weighted by Crippen LogP contribution is 2.19. The second kappa shape index (κ2) is 36.4. The molecule has 0 aliphatic carbocycles. The second-order valence-corrected chi connectivity index (χ2v) is 11.8. The monoisotopic (exact) mass is 547 g/mol. The molecule has 1 atom stereocenters. The van der Waals surface area contributed by atoms with E-state index in [0.717, 1.165) is 0 Å². The molecule has 0 aromatic rings. The van der Waals surface area contributed by atoms with Gasteiger partial charge in [-0.2, -0.15) is 0 Å². The van der Waals surface area contributed by atoms with E-state index < -0.39 is 0 Å². The molecule has 0 saturated carbocycles. The molecular formula is C39H78. The molecule has 0 aliphatic rings. The zero-order valence-corrected chi connectivity index (χ0v) is 30.4. The van der Waals surface area contributed by atoms with E-state index >= 15 is 0 Å².